The SMILES string of the molecule is Clc1ccc(OCCCCCC[NH+]2CCCC2)cc1. The molecule has 0 spiro atoms. The van der Waals surface area contributed by atoms with Gasteiger partial charge in [0.15, 0.2) is 0 Å². The fraction of sp³-hybridized carbons (Fsp3) is 0.625. The van der Waals surface area contributed by atoms with Gasteiger partial charge in [0.2, 0.25) is 0 Å². The van der Waals surface area contributed by atoms with Crippen LogP contribution in [0.3, 0.4) is 0 Å². The maximum absolute atomic E-state index is 5.83. The van der Waals surface area contributed by atoms with E-state index in [1.165, 1.54) is 51.7 Å². The fourth-order valence-electron chi connectivity index (χ4n) is 2.68. The van der Waals surface area contributed by atoms with Crippen molar-refractivity contribution in [2.24, 2.45) is 0 Å². The van der Waals surface area contributed by atoms with Crippen LogP contribution in [-0.4, -0.2) is 26.2 Å². The van der Waals surface area contributed by atoms with Gasteiger partial charge in [0.25, 0.3) is 0 Å². The summed E-state index contributed by atoms with van der Waals surface area (Å²) in [7, 11) is 0. The standard InChI is InChI=1S/C16H24ClNO/c17-15-7-9-16(10-8-15)19-14-6-2-1-3-11-18-12-4-5-13-18/h7-10H,1-6,11-14H2/p+1. The lowest BCUT2D eigenvalue weighted by Crippen LogP contribution is -3.09. The van der Waals surface area contributed by atoms with Gasteiger partial charge in [-0.3, -0.25) is 0 Å². The van der Waals surface area contributed by atoms with E-state index in [2.05, 4.69) is 0 Å². The van der Waals surface area contributed by atoms with E-state index in [0.717, 1.165) is 23.8 Å². The molecule has 0 aliphatic carbocycles. The lowest BCUT2D eigenvalue weighted by molar-refractivity contribution is -0.887. The van der Waals surface area contributed by atoms with Crippen molar-refractivity contribution in [2.75, 3.05) is 26.2 Å². The van der Waals surface area contributed by atoms with Gasteiger partial charge in [0.1, 0.15) is 5.75 Å². The third kappa shape index (κ3) is 5.84. The zero-order valence-electron chi connectivity index (χ0n) is 11.7. The van der Waals surface area contributed by atoms with Crippen LogP contribution < -0.4 is 9.64 Å². The van der Waals surface area contributed by atoms with E-state index in [9.17, 15) is 0 Å². The molecule has 1 heterocycles. The Hall–Kier alpha value is -0.730. The van der Waals surface area contributed by atoms with Crippen molar-refractivity contribution in [2.45, 2.75) is 38.5 Å². The van der Waals surface area contributed by atoms with Crippen LogP contribution in [0, 0.1) is 0 Å². The molecule has 0 radical (unpaired) electrons. The Balaban J connectivity index is 1.44. The number of quaternary nitrogens is 1. The lowest BCUT2D eigenvalue weighted by atomic mass is 10.2. The second-order valence-electron chi connectivity index (χ2n) is 5.42. The van der Waals surface area contributed by atoms with Crippen LogP contribution in [0.4, 0.5) is 0 Å². The number of halogens is 1. The Morgan fingerprint density at radius 1 is 0.947 bits per heavy atom. The van der Waals surface area contributed by atoms with Crippen molar-refractivity contribution < 1.29 is 9.64 Å². The summed E-state index contributed by atoms with van der Waals surface area (Å²) < 4.78 is 5.68. The number of benzene rings is 1. The molecule has 1 fully saturated rings. The number of likely N-dealkylation sites (tertiary alicyclic amines) is 1. The van der Waals surface area contributed by atoms with Crippen molar-refractivity contribution in [3.8, 4) is 5.75 Å². The molecule has 2 nitrogen and oxygen atoms in total. The van der Waals surface area contributed by atoms with Gasteiger partial charge >= 0.3 is 0 Å². The Kier molecular flexibility index (Phi) is 6.52. The van der Waals surface area contributed by atoms with E-state index in [-0.39, 0.29) is 0 Å². The molecule has 0 saturated carbocycles. The third-order valence-corrected chi connectivity index (χ3v) is 4.07. The third-order valence-electron chi connectivity index (χ3n) is 3.82. The van der Waals surface area contributed by atoms with Crippen molar-refractivity contribution in [1.29, 1.82) is 0 Å². The summed E-state index contributed by atoms with van der Waals surface area (Å²) in [5, 5.41) is 0.761. The van der Waals surface area contributed by atoms with E-state index in [4.69, 9.17) is 16.3 Å². The molecule has 106 valence electrons. The second kappa shape index (κ2) is 8.44. The lowest BCUT2D eigenvalue weighted by Gasteiger charge is -2.11. The topological polar surface area (TPSA) is 13.7 Å². The van der Waals surface area contributed by atoms with Gasteiger partial charge in [-0.15, -0.1) is 0 Å². The first kappa shape index (κ1) is 14.7. The van der Waals surface area contributed by atoms with E-state index in [1.807, 2.05) is 29.2 Å². The first-order valence-electron chi connectivity index (χ1n) is 7.56. The van der Waals surface area contributed by atoms with Gasteiger partial charge < -0.3 is 9.64 Å². The molecule has 2 rings (SSSR count). The summed E-state index contributed by atoms with van der Waals surface area (Å²) in [5.41, 5.74) is 0. The molecule has 19 heavy (non-hydrogen) atoms. The van der Waals surface area contributed by atoms with Crippen LogP contribution in [0.1, 0.15) is 38.5 Å². The van der Waals surface area contributed by atoms with Crippen molar-refractivity contribution in [3.63, 3.8) is 0 Å². The molecule has 0 amide bonds. The van der Waals surface area contributed by atoms with Gasteiger partial charge in [-0.1, -0.05) is 11.6 Å². The molecule has 1 aliphatic heterocycles. The van der Waals surface area contributed by atoms with Crippen molar-refractivity contribution in [1.82, 2.24) is 0 Å². The second-order valence-corrected chi connectivity index (χ2v) is 5.86. The predicted octanol–water partition coefficient (Wildman–Crippen LogP) is 2.96. The largest absolute Gasteiger partial charge is 0.494 e. The number of rotatable bonds is 8. The summed E-state index contributed by atoms with van der Waals surface area (Å²) in [6.07, 6.45) is 8.01. The Morgan fingerprint density at radius 3 is 2.37 bits per heavy atom. The number of hydrogen-bond acceptors (Lipinski definition) is 1. The Labute approximate surface area is 121 Å². The molecule has 3 heteroatoms. The smallest absolute Gasteiger partial charge is 0.119 e. The number of unbranched alkanes of at least 4 members (excludes halogenated alkanes) is 3. The molecule has 0 atom stereocenters. The predicted molar refractivity (Wildman–Crippen MR) is 80.2 cm³/mol. The van der Waals surface area contributed by atoms with Crippen LogP contribution in [0.15, 0.2) is 24.3 Å². The first-order valence-corrected chi connectivity index (χ1v) is 7.94. The van der Waals surface area contributed by atoms with Gasteiger partial charge in [-0.25, -0.2) is 0 Å². The average molecular weight is 283 g/mol. The normalized spacial score (nSPS) is 15.8. The van der Waals surface area contributed by atoms with Gasteiger partial charge in [-0.05, 0) is 49.9 Å². The van der Waals surface area contributed by atoms with Crippen LogP contribution in [-0.2, 0) is 0 Å². The number of hydrogen-bond donors (Lipinski definition) is 1. The highest BCUT2D eigenvalue weighted by Gasteiger charge is 2.13. The highest BCUT2D eigenvalue weighted by Crippen LogP contribution is 2.15. The summed E-state index contributed by atoms with van der Waals surface area (Å²) in [6, 6.07) is 7.60. The molecule has 0 unspecified atom stereocenters. The van der Waals surface area contributed by atoms with Crippen LogP contribution in [0.5, 0.6) is 5.75 Å². The average Bonchev–Trinajstić information content (AvgIpc) is 2.93. The minimum atomic E-state index is 0.761. The van der Waals surface area contributed by atoms with E-state index in [1.54, 1.807) is 0 Å². The van der Waals surface area contributed by atoms with Crippen LogP contribution in [0.2, 0.25) is 5.02 Å². The molecular formula is C16H25ClNO+. The zero-order valence-corrected chi connectivity index (χ0v) is 12.4. The van der Waals surface area contributed by atoms with E-state index < -0.39 is 0 Å². The molecule has 0 aromatic heterocycles. The maximum Gasteiger partial charge on any atom is 0.119 e. The number of ether oxygens (including phenoxy) is 1. The summed E-state index contributed by atoms with van der Waals surface area (Å²) in [4.78, 5) is 1.82. The molecule has 0 bridgehead atoms. The van der Waals surface area contributed by atoms with Crippen LogP contribution in [0.25, 0.3) is 0 Å². The maximum atomic E-state index is 5.83. The van der Waals surface area contributed by atoms with Crippen molar-refractivity contribution in [3.05, 3.63) is 29.3 Å². The molecule has 1 aliphatic rings. The molecular weight excluding hydrogens is 258 g/mol. The van der Waals surface area contributed by atoms with Crippen LogP contribution >= 0.6 is 11.6 Å². The Bertz CT molecular complexity index is 346. The van der Waals surface area contributed by atoms with E-state index in [0.29, 0.717) is 0 Å². The highest BCUT2D eigenvalue weighted by molar-refractivity contribution is 6.30. The van der Waals surface area contributed by atoms with E-state index >= 15 is 0 Å². The fourth-order valence-corrected chi connectivity index (χ4v) is 2.80. The quantitative estimate of drug-likeness (QED) is 0.724. The zero-order chi connectivity index (χ0) is 13.3. The van der Waals surface area contributed by atoms with Gasteiger partial charge in [-0.2, -0.15) is 0 Å². The van der Waals surface area contributed by atoms with Gasteiger partial charge in [0, 0.05) is 17.9 Å². The van der Waals surface area contributed by atoms with Gasteiger partial charge in [0.05, 0.1) is 26.2 Å². The first-order chi connectivity index (χ1) is 9.34. The van der Waals surface area contributed by atoms with Crippen molar-refractivity contribution >= 4 is 11.6 Å². The molecule has 1 N–H and O–H groups in total. The summed E-state index contributed by atoms with van der Waals surface area (Å²) >= 11 is 5.83. The summed E-state index contributed by atoms with van der Waals surface area (Å²) in [6.45, 7) is 5.00. The summed E-state index contributed by atoms with van der Waals surface area (Å²) in [5.74, 6) is 0.922. The number of nitrogens with one attached hydrogen (secondary N) is 1. The molecule has 1 aromatic rings. The highest BCUT2D eigenvalue weighted by atomic mass is 35.5. The molecule has 1 aromatic carbocycles. The minimum absolute atomic E-state index is 0.761. The minimum Gasteiger partial charge on any atom is -0.494 e. The monoisotopic (exact) mass is 282 g/mol. The molecule has 1 saturated heterocycles. The Morgan fingerprint density at radius 2 is 1.63 bits per heavy atom.